The minimum Gasteiger partial charge on any atom is -0.494 e. The highest BCUT2D eigenvalue weighted by Crippen LogP contribution is 2.27. The van der Waals surface area contributed by atoms with Gasteiger partial charge in [0.1, 0.15) is 5.75 Å². The fourth-order valence-corrected chi connectivity index (χ4v) is 3.46. The summed E-state index contributed by atoms with van der Waals surface area (Å²) in [6, 6.07) is 23.4. The zero-order valence-electron chi connectivity index (χ0n) is 17.4. The molecule has 0 fully saturated rings. The largest absolute Gasteiger partial charge is 0.494 e. The lowest BCUT2D eigenvalue weighted by Gasteiger charge is -2.13. The first kappa shape index (κ1) is 19.6. The first-order chi connectivity index (χ1) is 14.5. The first-order valence-electron chi connectivity index (χ1n) is 10.1. The van der Waals surface area contributed by atoms with E-state index < -0.39 is 0 Å². The summed E-state index contributed by atoms with van der Waals surface area (Å²) in [5, 5.41) is 3.91. The molecule has 1 N–H and O–H groups in total. The molecular formula is C26H24N2O2. The van der Waals surface area contributed by atoms with Gasteiger partial charge in [0.05, 0.1) is 23.4 Å². The predicted octanol–water partition coefficient (Wildman–Crippen LogP) is 6.17. The van der Waals surface area contributed by atoms with Gasteiger partial charge in [-0.05, 0) is 74.4 Å². The number of carbonyl (C=O) groups excluding carboxylic acids is 1. The number of ether oxygens (including phenoxy) is 1. The van der Waals surface area contributed by atoms with Gasteiger partial charge in [0.2, 0.25) is 0 Å². The highest BCUT2D eigenvalue weighted by molar-refractivity contribution is 6.13. The number of hydrogen-bond acceptors (Lipinski definition) is 3. The maximum Gasteiger partial charge on any atom is 0.256 e. The molecule has 1 aromatic heterocycles. The van der Waals surface area contributed by atoms with Gasteiger partial charge in [0.15, 0.2) is 0 Å². The molecule has 1 amide bonds. The minimum absolute atomic E-state index is 0.144. The average Bonchev–Trinajstić information content (AvgIpc) is 2.76. The van der Waals surface area contributed by atoms with E-state index in [1.54, 1.807) is 0 Å². The van der Waals surface area contributed by atoms with Gasteiger partial charge in [-0.25, -0.2) is 4.98 Å². The Morgan fingerprint density at radius 2 is 1.73 bits per heavy atom. The van der Waals surface area contributed by atoms with E-state index in [-0.39, 0.29) is 5.91 Å². The number of aromatic nitrogens is 1. The number of benzene rings is 3. The van der Waals surface area contributed by atoms with Crippen LogP contribution in [0.2, 0.25) is 0 Å². The number of pyridine rings is 1. The molecule has 0 saturated heterocycles. The lowest BCUT2D eigenvalue weighted by molar-refractivity contribution is 0.102. The third kappa shape index (κ3) is 4.03. The Kier molecular flexibility index (Phi) is 5.48. The molecule has 0 radical (unpaired) electrons. The van der Waals surface area contributed by atoms with Crippen molar-refractivity contribution in [1.29, 1.82) is 0 Å². The summed E-state index contributed by atoms with van der Waals surface area (Å²) in [5.41, 5.74) is 6.03. The van der Waals surface area contributed by atoms with E-state index >= 15 is 0 Å². The first-order valence-corrected chi connectivity index (χ1v) is 10.1. The van der Waals surface area contributed by atoms with Gasteiger partial charge in [-0.2, -0.15) is 0 Å². The number of nitrogens with zero attached hydrogens (tertiary/aromatic N) is 1. The number of rotatable bonds is 5. The maximum absolute atomic E-state index is 13.3. The highest BCUT2D eigenvalue weighted by Gasteiger charge is 2.15. The number of anilines is 1. The summed E-state index contributed by atoms with van der Waals surface area (Å²) in [5.74, 6) is 0.671. The monoisotopic (exact) mass is 396 g/mol. The number of carbonyl (C=O) groups is 1. The zero-order chi connectivity index (χ0) is 21.1. The topological polar surface area (TPSA) is 51.2 Å². The van der Waals surface area contributed by atoms with Gasteiger partial charge in [-0.15, -0.1) is 0 Å². The summed E-state index contributed by atoms with van der Waals surface area (Å²) in [6.45, 7) is 6.59. The molecule has 150 valence electrons. The van der Waals surface area contributed by atoms with Crippen molar-refractivity contribution in [1.82, 2.24) is 4.98 Å². The number of amides is 1. The second-order valence-corrected chi connectivity index (χ2v) is 7.30. The van der Waals surface area contributed by atoms with Crippen LogP contribution < -0.4 is 10.1 Å². The van der Waals surface area contributed by atoms with Crippen LogP contribution >= 0.6 is 0 Å². The molecule has 1 heterocycles. The molecular weight excluding hydrogens is 372 g/mol. The van der Waals surface area contributed by atoms with Crippen LogP contribution in [0, 0.1) is 13.8 Å². The Hall–Kier alpha value is -3.66. The molecule has 4 heteroatoms. The third-order valence-corrected chi connectivity index (χ3v) is 5.06. The Morgan fingerprint density at radius 1 is 0.967 bits per heavy atom. The van der Waals surface area contributed by atoms with E-state index in [1.165, 1.54) is 0 Å². The van der Waals surface area contributed by atoms with Crippen LogP contribution in [0.5, 0.6) is 5.75 Å². The number of hydrogen-bond donors (Lipinski definition) is 1. The van der Waals surface area contributed by atoms with E-state index in [0.717, 1.165) is 44.7 Å². The number of fused-ring (bicyclic) bond motifs is 1. The van der Waals surface area contributed by atoms with Crippen LogP contribution in [0.4, 0.5) is 5.69 Å². The average molecular weight is 396 g/mol. The maximum atomic E-state index is 13.3. The van der Waals surface area contributed by atoms with E-state index in [2.05, 4.69) is 5.32 Å². The van der Waals surface area contributed by atoms with Crippen molar-refractivity contribution >= 4 is 22.5 Å². The van der Waals surface area contributed by atoms with Crippen molar-refractivity contribution < 1.29 is 9.53 Å². The van der Waals surface area contributed by atoms with Gasteiger partial charge in [0.25, 0.3) is 5.91 Å². The van der Waals surface area contributed by atoms with Crippen molar-refractivity contribution in [3.8, 4) is 17.0 Å². The molecule has 0 saturated carbocycles. The normalized spacial score (nSPS) is 10.8. The van der Waals surface area contributed by atoms with Gasteiger partial charge in [-0.1, -0.05) is 30.3 Å². The molecule has 0 spiro atoms. The molecule has 4 rings (SSSR count). The zero-order valence-corrected chi connectivity index (χ0v) is 17.4. The van der Waals surface area contributed by atoms with Gasteiger partial charge in [-0.3, -0.25) is 4.79 Å². The van der Waals surface area contributed by atoms with Crippen molar-refractivity contribution in [3.05, 3.63) is 89.5 Å². The van der Waals surface area contributed by atoms with E-state index in [4.69, 9.17) is 9.72 Å². The molecule has 0 aliphatic rings. The van der Waals surface area contributed by atoms with Gasteiger partial charge >= 0.3 is 0 Å². The van der Waals surface area contributed by atoms with Crippen LogP contribution in [-0.2, 0) is 0 Å². The standard InChI is InChI=1S/C26H24N2O2/c1-4-30-20-13-11-19(12-14-20)25-16-22(21-7-5-6-8-23(21)27-25)26(29)28-24-15-17(2)9-10-18(24)3/h5-16H,4H2,1-3H3,(H,28,29). The lowest BCUT2D eigenvalue weighted by atomic mass is 10.0. The van der Waals surface area contributed by atoms with Crippen LogP contribution in [0.25, 0.3) is 22.2 Å². The minimum atomic E-state index is -0.144. The predicted molar refractivity (Wildman–Crippen MR) is 122 cm³/mol. The summed E-state index contributed by atoms with van der Waals surface area (Å²) in [6.07, 6.45) is 0. The molecule has 0 atom stereocenters. The van der Waals surface area contributed by atoms with Crippen molar-refractivity contribution in [2.24, 2.45) is 0 Å². The highest BCUT2D eigenvalue weighted by atomic mass is 16.5. The van der Waals surface area contributed by atoms with Crippen LogP contribution in [0.3, 0.4) is 0 Å². The molecule has 30 heavy (non-hydrogen) atoms. The summed E-state index contributed by atoms with van der Waals surface area (Å²) in [4.78, 5) is 18.0. The molecule has 0 bridgehead atoms. The van der Waals surface area contributed by atoms with Crippen molar-refractivity contribution in [2.45, 2.75) is 20.8 Å². The molecule has 4 nitrogen and oxygen atoms in total. The quantitative estimate of drug-likeness (QED) is 0.439. The van der Waals surface area contributed by atoms with Crippen LogP contribution in [0.1, 0.15) is 28.4 Å². The second-order valence-electron chi connectivity index (χ2n) is 7.30. The van der Waals surface area contributed by atoms with Gasteiger partial charge in [0, 0.05) is 16.6 Å². The van der Waals surface area contributed by atoms with E-state index in [1.807, 2.05) is 93.6 Å². The molecule has 3 aromatic carbocycles. The van der Waals surface area contributed by atoms with E-state index in [9.17, 15) is 4.79 Å². The smallest absolute Gasteiger partial charge is 0.256 e. The van der Waals surface area contributed by atoms with Gasteiger partial charge < -0.3 is 10.1 Å². The summed E-state index contributed by atoms with van der Waals surface area (Å²) in [7, 11) is 0. The van der Waals surface area contributed by atoms with Crippen molar-refractivity contribution in [3.63, 3.8) is 0 Å². The molecule has 0 aliphatic heterocycles. The number of para-hydroxylation sites is 1. The Balaban J connectivity index is 1.76. The Bertz CT molecular complexity index is 1210. The van der Waals surface area contributed by atoms with Crippen LogP contribution in [0.15, 0.2) is 72.8 Å². The van der Waals surface area contributed by atoms with Crippen LogP contribution in [-0.4, -0.2) is 17.5 Å². The molecule has 0 unspecified atom stereocenters. The van der Waals surface area contributed by atoms with Crippen molar-refractivity contribution in [2.75, 3.05) is 11.9 Å². The SMILES string of the molecule is CCOc1ccc(-c2cc(C(=O)Nc3cc(C)ccc3C)c3ccccc3n2)cc1. The number of nitrogens with one attached hydrogen (secondary N) is 1. The summed E-state index contributed by atoms with van der Waals surface area (Å²) >= 11 is 0. The number of aryl methyl sites for hydroxylation is 2. The Labute approximate surface area is 176 Å². The fourth-order valence-electron chi connectivity index (χ4n) is 3.46. The van der Waals surface area contributed by atoms with E-state index in [0.29, 0.717) is 12.2 Å². The third-order valence-electron chi connectivity index (χ3n) is 5.06. The lowest BCUT2D eigenvalue weighted by Crippen LogP contribution is -2.14. The fraction of sp³-hybridized carbons (Fsp3) is 0.154. The summed E-state index contributed by atoms with van der Waals surface area (Å²) < 4.78 is 5.53. The molecule has 4 aromatic rings. The molecule has 0 aliphatic carbocycles. The second kappa shape index (κ2) is 8.37. The Morgan fingerprint density at radius 3 is 2.50 bits per heavy atom.